The number of carbonyl (C=O) groups is 1. The summed E-state index contributed by atoms with van der Waals surface area (Å²) in [5.74, 6) is -0.526. The molecule has 0 aliphatic heterocycles. The van der Waals surface area contributed by atoms with Gasteiger partial charge in [0.05, 0.1) is 16.6 Å². The number of para-hydroxylation sites is 1. The molecule has 19 heavy (non-hydrogen) atoms. The third kappa shape index (κ3) is 4.59. The molecule has 0 amide bonds. The van der Waals surface area contributed by atoms with E-state index in [0.29, 0.717) is 0 Å². The Bertz CT molecular complexity index is 501. The smallest absolute Gasteiger partial charge is 0.330 e. The highest BCUT2D eigenvalue weighted by Gasteiger charge is 2.17. The van der Waals surface area contributed by atoms with E-state index in [4.69, 9.17) is 16.3 Å². The maximum Gasteiger partial charge on any atom is 0.330 e. The molecule has 6 nitrogen and oxygen atoms in total. The van der Waals surface area contributed by atoms with Gasteiger partial charge >= 0.3 is 11.7 Å². The van der Waals surface area contributed by atoms with Crippen molar-refractivity contribution in [3.05, 3.63) is 45.5 Å². The zero-order chi connectivity index (χ0) is 14.3. The Balaban J connectivity index is 2.68. The molecule has 0 bridgehead atoms. The van der Waals surface area contributed by atoms with Crippen LogP contribution in [0.4, 0.5) is 5.69 Å². The fraction of sp³-hybridized carbons (Fsp3) is 0.250. The summed E-state index contributed by atoms with van der Waals surface area (Å²) in [4.78, 5) is 21.2. The fourth-order valence-corrected chi connectivity index (χ4v) is 1.47. The maximum absolute atomic E-state index is 11.0. The highest BCUT2D eigenvalue weighted by atomic mass is 35.5. The van der Waals surface area contributed by atoms with Gasteiger partial charge in [0.25, 0.3) is 0 Å². The largest absolute Gasteiger partial charge is 0.482 e. The molecule has 0 unspecified atom stereocenters. The van der Waals surface area contributed by atoms with Gasteiger partial charge in [-0.15, -0.1) is 0 Å². The molecule has 0 N–H and O–H groups in total. The average Bonchev–Trinajstić information content (AvgIpc) is 2.36. The summed E-state index contributed by atoms with van der Waals surface area (Å²) in [6, 6.07) is 4.23. The summed E-state index contributed by atoms with van der Waals surface area (Å²) in [7, 11) is 0. The number of nitro benzene ring substituents is 1. The molecular formula is C12H12ClNO5. The minimum atomic E-state index is -0.587. The number of nitrogens with zero attached hydrogens (tertiary/aromatic N) is 1. The fourth-order valence-electron chi connectivity index (χ4n) is 1.25. The molecule has 1 rings (SSSR count). The van der Waals surface area contributed by atoms with E-state index in [-0.39, 0.29) is 29.7 Å². The van der Waals surface area contributed by atoms with Gasteiger partial charge in [0, 0.05) is 12.1 Å². The first kappa shape index (κ1) is 15.0. The van der Waals surface area contributed by atoms with E-state index in [0.717, 1.165) is 0 Å². The summed E-state index contributed by atoms with van der Waals surface area (Å²) < 4.78 is 9.85. The van der Waals surface area contributed by atoms with Crippen LogP contribution in [0.1, 0.15) is 6.92 Å². The van der Waals surface area contributed by atoms with Gasteiger partial charge in [0.1, 0.15) is 6.61 Å². The van der Waals surface area contributed by atoms with Gasteiger partial charge in [-0.25, -0.2) is 4.79 Å². The molecule has 0 fully saturated rings. The lowest BCUT2D eigenvalue weighted by Gasteiger charge is -2.05. The van der Waals surface area contributed by atoms with Crippen LogP contribution in [0.5, 0.6) is 5.75 Å². The highest BCUT2D eigenvalue weighted by Crippen LogP contribution is 2.34. The van der Waals surface area contributed by atoms with Gasteiger partial charge in [-0.2, -0.15) is 0 Å². The van der Waals surface area contributed by atoms with Crippen LogP contribution in [0.2, 0.25) is 5.02 Å². The number of carbonyl (C=O) groups excluding carboxylic acids is 1. The van der Waals surface area contributed by atoms with E-state index in [9.17, 15) is 14.9 Å². The van der Waals surface area contributed by atoms with Crippen molar-refractivity contribution in [1.29, 1.82) is 0 Å². The Morgan fingerprint density at radius 3 is 2.89 bits per heavy atom. The lowest BCUT2D eigenvalue weighted by Crippen LogP contribution is -2.02. The number of rotatable bonds is 6. The predicted molar refractivity (Wildman–Crippen MR) is 69.4 cm³/mol. The average molecular weight is 286 g/mol. The molecule has 0 saturated heterocycles. The van der Waals surface area contributed by atoms with Crippen LogP contribution in [-0.4, -0.2) is 24.1 Å². The van der Waals surface area contributed by atoms with E-state index in [2.05, 4.69) is 4.74 Å². The quantitative estimate of drug-likeness (QED) is 0.347. The van der Waals surface area contributed by atoms with Gasteiger partial charge in [0.2, 0.25) is 5.75 Å². The third-order valence-corrected chi connectivity index (χ3v) is 2.30. The monoisotopic (exact) mass is 285 g/mol. The molecule has 0 aliphatic rings. The number of benzene rings is 1. The number of esters is 1. The molecule has 0 atom stereocenters. The second kappa shape index (κ2) is 7.38. The topological polar surface area (TPSA) is 78.7 Å². The van der Waals surface area contributed by atoms with Gasteiger partial charge in [0.15, 0.2) is 0 Å². The Kier molecular flexibility index (Phi) is 5.81. The van der Waals surface area contributed by atoms with Crippen molar-refractivity contribution in [3.8, 4) is 5.75 Å². The number of hydrogen-bond acceptors (Lipinski definition) is 5. The predicted octanol–water partition coefficient (Wildman–Crippen LogP) is 2.75. The first-order chi connectivity index (χ1) is 9.06. The van der Waals surface area contributed by atoms with Gasteiger partial charge in [-0.05, 0) is 19.1 Å². The maximum atomic E-state index is 11.0. The van der Waals surface area contributed by atoms with E-state index < -0.39 is 10.9 Å². The van der Waals surface area contributed by atoms with Crippen LogP contribution in [0.3, 0.4) is 0 Å². The third-order valence-electron chi connectivity index (χ3n) is 2.01. The van der Waals surface area contributed by atoms with Crippen molar-refractivity contribution in [2.75, 3.05) is 13.2 Å². The Labute approximate surface area is 114 Å². The molecule has 0 radical (unpaired) electrons. The number of nitro groups is 1. The normalized spacial score (nSPS) is 10.4. The van der Waals surface area contributed by atoms with Crippen molar-refractivity contribution in [2.24, 2.45) is 0 Å². The molecule has 0 aliphatic carbocycles. The van der Waals surface area contributed by atoms with Crippen molar-refractivity contribution in [1.82, 2.24) is 0 Å². The first-order valence-corrected chi connectivity index (χ1v) is 5.83. The molecule has 1 aromatic rings. The number of hydrogen-bond donors (Lipinski definition) is 0. The lowest BCUT2D eigenvalue weighted by atomic mass is 10.3. The van der Waals surface area contributed by atoms with Crippen LogP contribution in [0, 0.1) is 10.1 Å². The van der Waals surface area contributed by atoms with E-state index in [1.54, 1.807) is 6.92 Å². The summed E-state index contributed by atoms with van der Waals surface area (Å²) in [5, 5.41) is 10.9. The van der Waals surface area contributed by atoms with Crippen molar-refractivity contribution in [3.63, 3.8) is 0 Å². The molecule has 0 heterocycles. The minimum absolute atomic E-state index is 0.0244. The lowest BCUT2D eigenvalue weighted by molar-refractivity contribution is -0.385. The SMILES string of the molecule is CCOC(=O)/C=C/COc1c(Cl)cccc1[N+](=O)[O-]. The van der Waals surface area contributed by atoms with E-state index in [1.165, 1.54) is 30.4 Å². The summed E-state index contributed by atoms with van der Waals surface area (Å²) in [6.45, 7) is 1.94. The zero-order valence-electron chi connectivity index (χ0n) is 10.2. The van der Waals surface area contributed by atoms with Gasteiger partial charge < -0.3 is 9.47 Å². The molecule has 1 aromatic carbocycles. The van der Waals surface area contributed by atoms with Gasteiger partial charge in [-0.3, -0.25) is 10.1 Å². The van der Waals surface area contributed by atoms with Crippen LogP contribution in [-0.2, 0) is 9.53 Å². The first-order valence-electron chi connectivity index (χ1n) is 5.45. The van der Waals surface area contributed by atoms with Crippen molar-refractivity contribution in [2.45, 2.75) is 6.92 Å². The van der Waals surface area contributed by atoms with Crippen LogP contribution >= 0.6 is 11.6 Å². The second-order valence-corrected chi connectivity index (χ2v) is 3.72. The molecular weight excluding hydrogens is 274 g/mol. The van der Waals surface area contributed by atoms with Crippen molar-refractivity contribution < 1.29 is 19.2 Å². The summed E-state index contributed by atoms with van der Waals surface area (Å²) in [6.07, 6.45) is 2.58. The zero-order valence-corrected chi connectivity index (χ0v) is 10.9. The second-order valence-electron chi connectivity index (χ2n) is 3.31. The molecule has 7 heteroatoms. The molecule has 0 saturated carbocycles. The minimum Gasteiger partial charge on any atom is -0.482 e. The highest BCUT2D eigenvalue weighted by molar-refractivity contribution is 6.32. The summed E-state index contributed by atoms with van der Waals surface area (Å²) in [5.41, 5.74) is -0.225. The molecule has 0 aromatic heterocycles. The van der Waals surface area contributed by atoms with Crippen molar-refractivity contribution >= 4 is 23.3 Å². The summed E-state index contributed by atoms with van der Waals surface area (Å²) >= 11 is 5.82. The van der Waals surface area contributed by atoms with E-state index in [1.807, 2.05) is 0 Å². The molecule has 0 spiro atoms. The Morgan fingerprint density at radius 2 is 2.26 bits per heavy atom. The standard InChI is InChI=1S/C12H12ClNO5/c1-2-18-11(15)7-4-8-19-12-9(13)5-3-6-10(12)14(16)17/h3-7H,2,8H2,1H3/b7-4+. The van der Waals surface area contributed by atoms with Crippen LogP contribution < -0.4 is 4.74 Å². The Morgan fingerprint density at radius 1 is 1.53 bits per heavy atom. The van der Waals surface area contributed by atoms with Crippen LogP contribution in [0.25, 0.3) is 0 Å². The number of ether oxygens (including phenoxy) is 2. The molecule has 102 valence electrons. The van der Waals surface area contributed by atoms with E-state index >= 15 is 0 Å². The van der Waals surface area contributed by atoms with Gasteiger partial charge in [-0.1, -0.05) is 17.7 Å². The Hall–Kier alpha value is -2.08. The number of halogens is 1. The van der Waals surface area contributed by atoms with Crippen LogP contribution in [0.15, 0.2) is 30.4 Å².